The molecule has 2 unspecified atom stereocenters. The molecule has 102 valence electrons. The van der Waals surface area contributed by atoms with Crippen LogP contribution in [-0.2, 0) is 4.74 Å². The summed E-state index contributed by atoms with van der Waals surface area (Å²) >= 11 is 0. The lowest BCUT2D eigenvalue weighted by atomic mass is 10.0. The Kier molecular flexibility index (Phi) is 5.90. The van der Waals surface area contributed by atoms with Crippen LogP contribution in [0.3, 0.4) is 0 Å². The van der Waals surface area contributed by atoms with Crippen LogP contribution in [0.25, 0.3) is 0 Å². The zero-order chi connectivity index (χ0) is 12.9. The van der Waals surface area contributed by atoms with E-state index in [1.165, 1.54) is 19.4 Å². The highest BCUT2D eigenvalue weighted by atomic mass is 16.5. The number of nitrogens with two attached hydrogens (primary N) is 1. The van der Waals surface area contributed by atoms with E-state index in [0.29, 0.717) is 6.10 Å². The van der Waals surface area contributed by atoms with Crippen LogP contribution in [0.4, 0.5) is 0 Å². The van der Waals surface area contributed by atoms with E-state index in [1.54, 1.807) is 0 Å². The highest BCUT2D eigenvalue weighted by molar-refractivity contribution is 4.82. The fourth-order valence-corrected chi connectivity index (χ4v) is 2.85. The molecular formula is C14H30N2O. The number of nitrogens with zero attached hydrogens (tertiary/aromatic N) is 1. The molecule has 0 radical (unpaired) electrons. The average Bonchev–Trinajstić information content (AvgIpc) is 2.14. The van der Waals surface area contributed by atoms with Crippen molar-refractivity contribution in [1.82, 2.24) is 4.90 Å². The smallest absolute Gasteiger partial charge is 0.0757 e. The van der Waals surface area contributed by atoms with E-state index in [9.17, 15) is 0 Å². The van der Waals surface area contributed by atoms with Crippen LogP contribution in [0, 0.1) is 5.92 Å². The van der Waals surface area contributed by atoms with E-state index in [4.69, 9.17) is 10.5 Å². The first-order valence-electron chi connectivity index (χ1n) is 7.03. The monoisotopic (exact) mass is 242 g/mol. The minimum absolute atomic E-state index is 0.0144. The maximum atomic E-state index is 5.91. The second-order valence-corrected chi connectivity index (χ2v) is 6.25. The number of hydrogen-bond donors (Lipinski definition) is 1. The van der Waals surface area contributed by atoms with Gasteiger partial charge in [-0.3, -0.25) is 4.90 Å². The van der Waals surface area contributed by atoms with Gasteiger partial charge in [-0.05, 0) is 59.0 Å². The molecule has 0 bridgehead atoms. The highest BCUT2D eigenvalue weighted by Crippen LogP contribution is 2.21. The predicted molar refractivity (Wildman–Crippen MR) is 73.1 cm³/mol. The molecule has 1 heterocycles. The normalized spacial score (nSPS) is 27.0. The fourth-order valence-electron chi connectivity index (χ4n) is 2.85. The predicted octanol–water partition coefficient (Wildman–Crippen LogP) is 2.25. The fraction of sp³-hybridized carbons (Fsp3) is 1.00. The van der Waals surface area contributed by atoms with Gasteiger partial charge in [0.05, 0.1) is 11.7 Å². The van der Waals surface area contributed by atoms with Gasteiger partial charge in [0, 0.05) is 13.1 Å². The van der Waals surface area contributed by atoms with Gasteiger partial charge in [0.25, 0.3) is 0 Å². The zero-order valence-corrected chi connectivity index (χ0v) is 12.0. The van der Waals surface area contributed by atoms with Gasteiger partial charge in [0.15, 0.2) is 0 Å². The molecule has 2 N–H and O–H groups in total. The van der Waals surface area contributed by atoms with E-state index >= 15 is 0 Å². The van der Waals surface area contributed by atoms with Gasteiger partial charge in [-0.25, -0.2) is 0 Å². The van der Waals surface area contributed by atoms with Gasteiger partial charge in [0.1, 0.15) is 0 Å². The van der Waals surface area contributed by atoms with Crippen molar-refractivity contribution in [3.05, 3.63) is 0 Å². The standard InChI is InChI=1S/C14H30N2O/c1-12(7-8-15)6-5-9-16-10-13(2)17-14(3,4)11-16/h12-13H,5-11,15H2,1-4H3. The molecule has 0 aromatic heterocycles. The Morgan fingerprint density at radius 2 is 2.12 bits per heavy atom. The maximum absolute atomic E-state index is 5.91. The van der Waals surface area contributed by atoms with Gasteiger partial charge < -0.3 is 10.5 Å². The summed E-state index contributed by atoms with van der Waals surface area (Å²) in [5, 5.41) is 0. The summed E-state index contributed by atoms with van der Waals surface area (Å²) in [5.41, 5.74) is 5.59. The van der Waals surface area contributed by atoms with Crippen LogP contribution < -0.4 is 5.73 Å². The van der Waals surface area contributed by atoms with Crippen LogP contribution in [0.15, 0.2) is 0 Å². The van der Waals surface area contributed by atoms with Crippen LogP contribution in [0.2, 0.25) is 0 Å². The van der Waals surface area contributed by atoms with Gasteiger partial charge in [-0.15, -0.1) is 0 Å². The molecule has 0 aromatic rings. The molecule has 0 saturated carbocycles. The van der Waals surface area contributed by atoms with Crippen molar-refractivity contribution in [1.29, 1.82) is 0 Å². The van der Waals surface area contributed by atoms with Gasteiger partial charge in [-0.2, -0.15) is 0 Å². The minimum atomic E-state index is 0.0144. The number of hydrogen-bond acceptors (Lipinski definition) is 3. The summed E-state index contributed by atoms with van der Waals surface area (Å²) in [6.45, 7) is 13.0. The van der Waals surface area contributed by atoms with E-state index < -0.39 is 0 Å². The second-order valence-electron chi connectivity index (χ2n) is 6.25. The van der Waals surface area contributed by atoms with Gasteiger partial charge in [-0.1, -0.05) is 6.92 Å². The van der Waals surface area contributed by atoms with Crippen LogP contribution >= 0.6 is 0 Å². The van der Waals surface area contributed by atoms with Crippen molar-refractivity contribution in [2.24, 2.45) is 11.7 Å². The largest absolute Gasteiger partial charge is 0.370 e. The molecule has 3 nitrogen and oxygen atoms in total. The Bertz CT molecular complexity index is 218. The van der Waals surface area contributed by atoms with E-state index in [2.05, 4.69) is 32.6 Å². The van der Waals surface area contributed by atoms with E-state index in [0.717, 1.165) is 32.0 Å². The Morgan fingerprint density at radius 3 is 2.71 bits per heavy atom. The molecule has 0 aromatic carbocycles. The third kappa shape index (κ3) is 5.84. The van der Waals surface area contributed by atoms with Crippen LogP contribution in [-0.4, -0.2) is 42.8 Å². The van der Waals surface area contributed by atoms with Crippen LogP contribution in [0.5, 0.6) is 0 Å². The summed E-state index contributed by atoms with van der Waals surface area (Å²) in [6.07, 6.45) is 4.10. The molecule has 1 rings (SSSR count). The SMILES string of the molecule is CC(CCN)CCCN1CC(C)OC(C)(C)C1. The maximum Gasteiger partial charge on any atom is 0.0757 e. The third-order valence-corrected chi connectivity index (χ3v) is 3.47. The molecule has 0 spiro atoms. The minimum Gasteiger partial charge on any atom is -0.370 e. The molecular weight excluding hydrogens is 212 g/mol. The number of morpholine rings is 1. The van der Waals surface area contributed by atoms with Gasteiger partial charge >= 0.3 is 0 Å². The average molecular weight is 242 g/mol. The first-order chi connectivity index (χ1) is 7.93. The van der Waals surface area contributed by atoms with Crippen molar-refractivity contribution in [3.63, 3.8) is 0 Å². The molecule has 1 saturated heterocycles. The molecule has 2 atom stereocenters. The Morgan fingerprint density at radius 1 is 1.41 bits per heavy atom. The van der Waals surface area contributed by atoms with Crippen molar-refractivity contribution in [3.8, 4) is 0 Å². The Hall–Kier alpha value is -0.120. The molecule has 1 aliphatic rings. The summed E-state index contributed by atoms with van der Waals surface area (Å²) in [6, 6.07) is 0. The number of ether oxygens (including phenoxy) is 1. The first-order valence-corrected chi connectivity index (χ1v) is 7.03. The summed E-state index contributed by atoms with van der Waals surface area (Å²) < 4.78 is 5.91. The molecule has 3 heteroatoms. The summed E-state index contributed by atoms with van der Waals surface area (Å²) in [5.74, 6) is 0.770. The molecule has 1 fully saturated rings. The molecule has 0 amide bonds. The van der Waals surface area contributed by atoms with Gasteiger partial charge in [0.2, 0.25) is 0 Å². The quantitative estimate of drug-likeness (QED) is 0.776. The third-order valence-electron chi connectivity index (χ3n) is 3.47. The highest BCUT2D eigenvalue weighted by Gasteiger charge is 2.30. The Labute approximate surface area is 107 Å². The lowest BCUT2D eigenvalue weighted by molar-refractivity contribution is -0.128. The van der Waals surface area contributed by atoms with Crippen molar-refractivity contribution < 1.29 is 4.74 Å². The summed E-state index contributed by atoms with van der Waals surface area (Å²) in [7, 11) is 0. The van der Waals surface area contributed by atoms with Crippen molar-refractivity contribution >= 4 is 0 Å². The summed E-state index contributed by atoms with van der Waals surface area (Å²) in [4.78, 5) is 2.54. The van der Waals surface area contributed by atoms with Crippen molar-refractivity contribution in [2.75, 3.05) is 26.2 Å². The van der Waals surface area contributed by atoms with E-state index in [-0.39, 0.29) is 5.60 Å². The first kappa shape index (κ1) is 14.9. The molecule has 0 aliphatic carbocycles. The second kappa shape index (κ2) is 6.72. The lowest BCUT2D eigenvalue weighted by Gasteiger charge is -2.41. The van der Waals surface area contributed by atoms with E-state index in [1.807, 2.05) is 0 Å². The zero-order valence-electron chi connectivity index (χ0n) is 12.0. The lowest BCUT2D eigenvalue weighted by Crippen LogP contribution is -2.51. The number of rotatable bonds is 6. The Balaban J connectivity index is 2.22. The van der Waals surface area contributed by atoms with Crippen molar-refractivity contribution in [2.45, 2.75) is 58.7 Å². The topological polar surface area (TPSA) is 38.5 Å². The molecule has 17 heavy (non-hydrogen) atoms. The molecule has 1 aliphatic heterocycles. The van der Waals surface area contributed by atoms with Crippen LogP contribution in [0.1, 0.15) is 47.0 Å².